The Morgan fingerprint density at radius 2 is 1.10 bits per heavy atom. The van der Waals surface area contributed by atoms with E-state index >= 15 is 0 Å². The van der Waals surface area contributed by atoms with Crippen LogP contribution in [0.25, 0.3) is 0 Å². The van der Waals surface area contributed by atoms with E-state index in [2.05, 4.69) is 38.6 Å². The van der Waals surface area contributed by atoms with Crippen LogP contribution in [0.5, 0.6) is 0 Å². The van der Waals surface area contributed by atoms with Crippen molar-refractivity contribution in [2.24, 2.45) is 0 Å². The zero-order chi connectivity index (χ0) is 16.2. The van der Waals surface area contributed by atoms with Crippen molar-refractivity contribution < 1.29 is 0 Å². The Labute approximate surface area is 128 Å². The molecule has 0 aliphatic carbocycles. The van der Waals surface area contributed by atoms with Gasteiger partial charge in [-0.15, -0.1) is 0 Å². The summed E-state index contributed by atoms with van der Waals surface area (Å²) in [6.07, 6.45) is 0. The van der Waals surface area contributed by atoms with Crippen LogP contribution in [0.2, 0.25) is 0 Å². The largest absolute Gasteiger partial charge is 0.331 e. The van der Waals surface area contributed by atoms with E-state index in [4.69, 9.17) is 0 Å². The van der Waals surface area contributed by atoms with Gasteiger partial charge < -0.3 is 9.80 Å². The highest BCUT2D eigenvalue weighted by Crippen LogP contribution is 2.17. The van der Waals surface area contributed by atoms with Gasteiger partial charge in [-0.2, -0.15) is 15.0 Å². The van der Waals surface area contributed by atoms with Crippen molar-refractivity contribution in [2.75, 3.05) is 65.4 Å². The summed E-state index contributed by atoms with van der Waals surface area (Å²) in [6, 6.07) is 0. The molecule has 0 radical (unpaired) electrons. The molecule has 1 aromatic heterocycles. The average molecular weight is 295 g/mol. The Morgan fingerprint density at radius 1 is 0.714 bits per heavy atom. The standard InChI is InChI=1S/C14H29N7/c1-11(2)12-15-13(20(7)9-18(3)4)17-14(16-12)21(8)10-19(5)6/h11H,9-10H2,1-8H3. The Bertz CT molecular complexity index is 411. The predicted molar refractivity (Wildman–Crippen MR) is 87.8 cm³/mol. The van der Waals surface area contributed by atoms with Crippen LogP contribution in [0.3, 0.4) is 0 Å². The third-order valence-corrected chi connectivity index (χ3v) is 2.82. The van der Waals surface area contributed by atoms with Crippen LogP contribution < -0.4 is 9.80 Å². The summed E-state index contributed by atoms with van der Waals surface area (Å²) in [5.41, 5.74) is 0. The molecule has 0 fully saturated rings. The zero-order valence-electron chi connectivity index (χ0n) is 14.6. The zero-order valence-corrected chi connectivity index (χ0v) is 14.6. The molecule has 0 atom stereocenters. The van der Waals surface area contributed by atoms with Gasteiger partial charge in [-0.25, -0.2) is 0 Å². The maximum absolute atomic E-state index is 4.60. The van der Waals surface area contributed by atoms with E-state index in [-0.39, 0.29) is 5.92 Å². The summed E-state index contributed by atoms with van der Waals surface area (Å²) in [5, 5.41) is 0. The summed E-state index contributed by atoms with van der Waals surface area (Å²) < 4.78 is 0. The first-order chi connectivity index (χ1) is 9.70. The van der Waals surface area contributed by atoms with Gasteiger partial charge in [0.15, 0.2) is 0 Å². The van der Waals surface area contributed by atoms with Crippen LogP contribution in [-0.4, -0.2) is 80.4 Å². The molecule has 120 valence electrons. The van der Waals surface area contributed by atoms with Gasteiger partial charge in [0.1, 0.15) is 5.82 Å². The lowest BCUT2D eigenvalue weighted by Gasteiger charge is -2.25. The molecule has 0 saturated carbocycles. The first-order valence-corrected chi connectivity index (χ1v) is 7.18. The van der Waals surface area contributed by atoms with Gasteiger partial charge in [0, 0.05) is 20.0 Å². The van der Waals surface area contributed by atoms with Gasteiger partial charge in [0.2, 0.25) is 11.9 Å². The molecule has 0 bridgehead atoms. The van der Waals surface area contributed by atoms with Crippen molar-refractivity contribution in [3.63, 3.8) is 0 Å². The molecular formula is C14H29N7. The van der Waals surface area contributed by atoms with E-state index in [9.17, 15) is 0 Å². The molecule has 0 aliphatic heterocycles. The van der Waals surface area contributed by atoms with E-state index in [0.29, 0.717) is 11.9 Å². The molecule has 21 heavy (non-hydrogen) atoms. The van der Waals surface area contributed by atoms with Crippen LogP contribution >= 0.6 is 0 Å². The Balaban J connectivity index is 3.11. The van der Waals surface area contributed by atoms with Gasteiger partial charge in [-0.3, -0.25) is 9.80 Å². The summed E-state index contributed by atoms with van der Waals surface area (Å²) in [6.45, 7) is 5.72. The molecule has 0 aliphatic rings. The molecular weight excluding hydrogens is 266 g/mol. The molecule has 1 heterocycles. The smallest absolute Gasteiger partial charge is 0.231 e. The number of anilines is 2. The average Bonchev–Trinajstić information content (AvgIpc) is 2.36. The van der Waals surface area contributed by atoms with Crippen molar-refractivity contribution >= 4 is 11.9 Å². The second-order valence-corrected chi connectivity index (χ2v) is 6.29. The minimum absolute atomic E-state index is 0.269. The van der Waals surface area contributed by atoms with Crippen molar-refractivity contribution in [1.82, 2.24) is 24.8 Å². The molecule has 0 spiro atoms. The monoisotopic (exact) mass is 295 g/mol. The normalized spacial score (nSPS) is 11.6. The van der Waals surface area contributed by atoms with E-state index < -0.39 is 0 Å². The lowest BCUT2D eigenvalue weighted by Crippen LogP contribution is -2.34. The summed E-state index contributed by atoms with van der Waals surface area (Å²) in [7, 11) is 12.1. The Morgan fingerprint density at radius 3 is 1.38 bits per heavy atom. The number of hydrogen-bond donors (Lipinski definition) is 0. The molecule has 7 heteroatoms. The van der Waals surface area contributed by atoms with Crippen molar-refractivity contribution in [2.45, 2.75) is 19.8 Å². The highest BCUT2D eigenvalue weighted by Gasteiger charge is 2.15. The van der Waals surface area contributed by atoms with Crippen LogP contribution in [0.1, 0.15) is 25.6 Å². The second kappa shape index (κ2) is 7.51. The Hall–Kier alpha value is -1.47. The van der Waals surface area contributed by atoms with E-state index in [0.717, 1.165) is 19.2 Å². The maximum Gasteiger partial charge on any atom is 0.231 e. The molecule has 0 N–H and O–H groups in total. The molecule has 1 rings (SSSR count). The quantitative estimate of drug-likeness (QED) is 0.693. The third-order valence-electron chi connectivity index (χ3n) is 2.82. The van der Waals surface area contributed by atoms with Crippen molar-refractivity contribution in [3.8, 4) is 0 Å². The van der Waals surface area contributed by atoms with Gasteiger partial charge in [-0.1, -0.05) is 13.8 Å². The molecule has 0 amide bonds. The lowest BCUT2D eigenvalue weighted by molar-refractivity contribution is 0.405. The van der Waals surface area contributed by atoms with Gasteiger partial charge in [0.05, 0.1) is 13.3 Å². The SMILES string of the molecule is CC(C)c1nc(N(C)CN(C)C)nc(N(C)CN(C)C)n1. The van der Waals surface area contributed by atoms with Gasteiger partial charge in [-0.05, 0) is 28.2 Å². The molecule has 1 aromatic rings. The first kappa shape index (κ1) is 17.6. The van der Waals surface area contributed by atoms with Crippen molar-refractivity contribution in [1.29, 1.82) is 0 Å². The fraction of sp³-hybridized carbons (Fsp3) is 0.786. The maximum atomic E-state index is 4.60. The predicted octanol–water partition coefficient (Wildman–Crippen LogP) is 0.906. The fourth-order valence-electron chi connectivity index (χ4n) is 1.94. The van der Waals surface area contributed by atoms with Crippen LogP contribution in [-0.2, 0) is 0 Å². The highest BCUT2D eigenvalue weighted by molar-refractivity contribution is 5.38. The van der Waals surface area contributed by atoms with Crippen LogP contribution in [0.4, 0.5) is 11.9 Å². The molecule has 0 aromatic carbocycles. The Kier molecular flexibility index (Phi) is 6.29. The van der Waals surface area contributed by atoms with Crippen LogP contribution in [0.15, 0.2) is 0 Å². The first-order valence-electron chi connectivity index (χ1n) is 7.18. The molecule has 0 unspecified atom stereocenters. The van der Waals surface area contributed by atoms with Crippen molar-refractivity contribution in [3.05, 3.63) is 5.82 Å². The van der Waals surface area contributed by atoms with Gasteiger partial charge in [0.25, 0.3) is 0 Å². The second-order valence-electron chi connectivity index (χ2n) is 6.29. The van der Waals surface area contributed by atoms with Gasteiger partial charge >= 0.3 is 0 Å². The minimum atomic E-state index is 0.269. The molecule has 7 nitrogen and oxygen atoms in total. The fourth-order valence-corrected chi connectivity index (χ4v) is 1.94. The third kappa shape index (κ3) is 5.43. The minimum Gasteiger partial charge on any atom is -0.331 e. The number of rotatable bonds is 7. The van der Waals surface area contributed by atoms with E-state index in [1.807, 2.05) is 52.1 Å². The molecule has 0 saturated heterocycles. The summed E-state index contributed by atoms with van der Waals surface area (Å²) in [4.78, 5) is 22.0. The summed E-state index contributed by atoms with van der Waals surface area (Å²) >= 11 is 0. The topological polar surface area (TPSA) is 51.6 Å². The van der Waals surface area contributed by atoms with E-state index in [1.165, 1.54) is 0 Å². The number of hydrogen-bond acceptors (Lipinski definition) is 7. The van der Waals surface area contributed by atoms with E-state index in [1.54, 1.807) is 0 Å². The summed E-state index contributed by atoms with van der Waals surface area (Å²) in [5.74, 6) is 2.52. The number of aromatic nitrogens is 3. The highest BCUT2D eigenvalue weighted by atomic mass is 15.4. The lowest BCUT2D eigenvalue weighted by atomic mass is 10.2. The van der Waals surface area contributed by atoms with Crippen LogP contribution in [0, 0.1) is 0 Å². The number of nitrogens with zero attached hydrogens (tertiary/aromatic N) is 7.